The lowest BCUT2D eigenvalue weighted by molar-refractivity contribution is -0.142. The molecule has 1 fully saturated rings. The molecule has 2 atom stereocenters. The second kappa shape index (κ2) is 4.81. The van der Waals surface area contributed by atoms with Gasteiger partial charge in [-0.1, -0.05) is 31.2 Å². The monoisotopic (exact) mass is 274 g/mol. The molecule has 3 rings (SSSR count). The van der Waals surface area contributed by atoms with Gasteiger partial charge in [0.15, 0.2) is 0 Å². The third kappa shape index (κ3) is 2.03. The summed E-state index contributed by atoms with van der Waals surface area (Å²) in [4.78, 5) is 27.2. The zero-order valence-corrected chi connectivity index (χ0v) is 11.5. The smallest absolute Gasteiger partial charge is 0.326 e. The van der Waals surface area contributed by atoms with Crippen LogP contribution in [-0.4, -0.2) is 39.5 Å². The third-order valence-electron chi connectivity index (χ3n) is 4.31. The molecule has 1 N–H and O–H groups in total. The third-order valence-corrected chi connectivity index (χ3v) is 4.31. The van der Waals surface area contributed by atoms with Crippen LogP contribution >= 0.6 is 0 Å². The van der Waals surface area contributed by atoms with Gasteiger partial charge in [-0.25, -0.2) is 9.59 Å². The maximum atomic E-state index is 12.6. The van der Waals surface area contributed by atoms with E-state index in [1.807, 2.05) is 31.2 Å². The number of urea groups is 1. The van der Waals surface area contributed by atoms with Gasteiger partial charge in [0.25, 0.3) is 0 Å². The normalized spacial score (nSPS) is 24.9. The highest BCUT2D eigenvalue weighted by atomic mass is 16.4. The molecule has 0 spiro atoms. The number of carboxylic acids is 1. The Morgan fingerprint density at radius 2 is 1.80 bits per heavy atom. The highest BCUT2D eigenvalue weighted by molar-refractivity contribution is 5.84. The predicted octanol–water partition coefficient (Wildman–Crippen LogP) is 1.92. The molecule has 0 aromatic heterocycles. The van der Waals surface area contributed by atoms with E-state index >= 15 is 0 Å². The van der Waals surface area contributed by atoms with Crippen LogP contribution < -0.4 is 0 Å². The lowest BCUT2D eigenvalue weighted by Gasteiger charge is -2.28. The van der Waals surface area contributed by atoms with Crippen molar-refractivity contribution < 1.29 is 14.7 Å². The lowest BCUT2D eigenvalue weighted by Crippen LogP contribution is -2.47. The average Bonchev–Trinajstić information content (AvgIpc) is 3.00. The molecule has 20 heavy (non-hydrogen) atoms. The van der Waals surface area contributed by atoms with Crippen molar-refractivity contribution in [1.82, 2.24) is 9.80 Å². The first-order chi connectivity index (χ1) is 9.58. The molecular weight excluding hydrogens is 256 g/mol. The molecule has 2 amide bonds. The van der Waals surface area contributed by atoms with Crippen molar-refractivity contribution in [2.24, 2.45) is 5.92 Å². The van der Waals surface area contributed by atoms with Gasteiger partial charge in [-0.2, -0.15) is 0 Å². The zero-order valence-electron chi connectivity index (χ0n) is 11.5. The summed E-state index contributed by atoms with van der Waals surface area (Å²) < 4.78 is 0. The minimum Gasteiger partial charge on any atom is -0.480 e. The van der Waals surface area contributed by atoms with Gasteiger partial charge in [-0.05, 0) is 23.5 Å². The van der Waals surface area contributed by atoms with Gasteiger partial charge < -0.3 is 14.9 Å². The fourth-order valence-corrected chi connectivity index (χ4v) is 3.19. The van der Waals surface area contributed by atoms with Crippen LogP contribution in [0.3, 0.4) is 0 Å². The molecule has 1 aromatic carbocycles. The number of hydrogen-bond donors (Lipinski definition) is 1. The van der Waals surface area contributed by atoms with Crippen LogP contribution in [0.4, 0.5) is 4.79 Å². The molecule has 2 unspecified atom stereocenters. The summed E-state index contributed by atoms with van der Waals surface area (Å²) in [5.41, 5.74) is 2.31. The van der Waals surface area contributed by atoms with Crippen LogP contribution in [0.15, 0.2) is 24.3 Å². The molecule has 5 heteroatoms. The van der Waals surface area contributed by atoms with Gasteiger partial charge in [-0.3, -0.25) is 0 Å². The van der Waals surface area contributed by atoms with Crippen molar-refractivity contribution in [1.29, 1.82) is 0 Å². The fraction of sp³-hybridized carbons (Fsp3) is 0.467. The molecular formula is C15H18N2O3. The first-order valence-electron chi connectivity index (χ1n) is 6.93. The summed E-state index contributed by atoms with van der Waals surface area (Å²) in [5, 5.41) is 9.31. The Kier molecular flexibility index (Phi) is 3.12. The van der Waals surface area contributed by atoms with Crippen molar-refractivity contribution in [2.45, 2.75) is 32.5 Å². The second-order valence-electron chi connectivity index (χ2n) is 5.65. The molecule has 1 aromatic rings. The summed E-state index contributed by atoms with van der Waals surface area (Å²) >= 11 is 0. The molecule has 2 aliphatic rings. The van der Waals surface area contributed by atoms with E-state index in [1.165, 1.54) is 4.90 Å². The van der Waals surface area contributed by atoms with E-state index in [2.05, 4.69) is 0 Å². The molecule has 1 saturated heterocycles. The zero-order chi connectivity index (χ0) is 14.3. The standard InChI is InChI=1S/C15H18N2O3/c1-10-6-7-17(13(10)14(18)19)15(20)16-8-11-4-2-3-5-12(11)9-16/h2-5,10,13H,6-9H2,1H3,(H,18,19). The molecule has 0 radical (unpaired) electrons. The van der Waals surface area contributed by atoms with Crippen molar-refractivity contribution in [3.8, 4) is 0 Å². The molecule has 106 valence electrons. The Bertz CT molecular complexity index is 533. The van der Waals surface area contributed by atoms with Crippen LogP contribution in [-0.2, 0) is 17.9 Å². The molecule has 0 saturated carbocycles. The summed E-state index contributed by atoms with van der Waals surface area (Å²) in [7, 11) is 0. The van der Waals surface area contributed by atoms with Gasteiger partial charge in [0, 0.05) is 19.6 Å². The molecule has 0 bridgehead atoms. The number of carboxylic acid groups (broad SMARTS) is 1. The first kappa shape index (κ1) is 13.0. The maximum Gasteiger partial charge on any atom is 0.326 e. The van der Waals surface area contributed by atoms with E-state index in [1.54, 1.807) is 4.90 Å². The van der Waals surface area contributed by atoms with Gasteiger partial charge in [0.2, 0.25) is 0 Å². The summed E-state index contributed by atoms with van der Waals surface area (Å²) in [6.45, 7) is 3.58. The van der Waals surface area contributed by atoms with E-state index < -0.39 is 12.0 Å². The largest absolute Gasteiger partial charge is 0.480 e. The van der Waals surface area contributed by atoms with Crippen LogP contribution in [0.25, 0.3) is 0 Å². The number of rotatable bonds is 1. The van der Waals surface area contributed by atoms with Crippen LogP contribution in [0.1, 0.15) is 24.5 Å². The Labute approximate surface area is 117 Å². The Balaban J connectivity index is 1.76. The van der Waals surface area contributed by atoms with Crippen LogP contribution in [0.5, 0.6) is 0 Å². The number of fused-ring (bicyclic) bond motifs is 1. The van der Waals surface area contributed by atoms with E-state index in [4.69, 9.17) is 0 Å². The summed E-state index contributed by atoms with van der Waals surface area (Å²) in [6, 6.07) is 7.12. The highest BCUT2D eigenvalue weighted by Gasteiger charge is 2.41. The van der Waals surface area contributed by atoms with Gasteiger partial charge in [0.1, 0.15) is 6.04 Å². The number of amides is 2. The molecule has 0 aliphatic carbocycles. The lowest BCUT2D eigenvalue weighted by atomic mass is 10.0. The molecule has 2 heterocycles. The number of benzene rings is 1. The van der Waals surface area contributed by atoms with E-state index in [-0.39, 0.29) is 11.9 Å². The van der Waals surface area contributed by atoms with Gasteiger partial charge >= 0.3 is 12.0 Å². The number of carbonyl (C=O) groups excluding carboxylic acids is 1. The van der Waals surface area contributed by atoms with E-state index in [9.17, 15) is 14.7 Å². The predicted molar refractivity (Wildman–Crippen MR) is 73.0 cm³/mol. The van der Waals surface area contributed by atoms with Crippen LogP contribution in [0.2, 0.25) is 0 Å². The molecule has 2 aliphatic heterocycles. The summed E-state index contributed by atoms with van der Waals surface area (Å²) in [5.74, 6) is -0.888. The average molecular weight is 274 g/mol. The number of nitrogens with zero attached hydrogens (tertiary/aromatic N) is 2. The number of hydrogen-bond acceptors (Lipinski definition) is 2. The second-order valence-corrected chi connectivity index (χ2v) is 5.65. The number of likely N-dealkylation sites (tertiary alicyclic amines) is 1. The molecule has 5 nitrogen and oxygen atoms in total. The van der Waals surface area contributed by atoms with Crippen molar-refractivity contribution in [3.63, 3.8) is 0 Å². The van der Waals surface area contributed by atoms with Gasteiger partial charge in [0.05, 0.1) is 0 Å². The number of carbonyl (C=O) groups is 2. The highest BCUT2D eigenvalue weighted by Crippen LogP contribution is 2.29. The van der Waals surface area contributed by atoms with Crippen molar-refractivity contribution in [3.05, 3.63) is 35.4 Å². The van der Waals surface area contributed by atoms with E-state index in [0.29, 0.717) is 19.6 Å². The quantitative estimate of drug-likeness (QED) is 0.851. The van der Waals surface area contributed by atoms with E-state index in [0.717, 1.165) is 17.5 Å². The Hall–Kier alpha value is -2.04. The van der Waals surface area contributed by atoms with Crippen molar-refractivity contribution >= 4 is 12.0 Å². The minimum atomic E-state index is -0.903. The Morgan fingerprint density at radius 3 is 2.35 bits per heavy atom. The fourth-order valence-electron chi connectivity index (χ4n) is 3.19. The van der Waals surface area contributed by atoms with Crippen molar-refractivity contribution in [2.75, 3.05) is 6.54 Å². The SMILES string of the molecule is CC1CCN(C(=O)N2Cc3ccccc3C2)C1C(=O)O. The minimum absolute atomic E-state index is 0.0152. The Morgan fingerprint density at radius 1 is 1.20 bits per heavy atom. The summed E-state index contributed by atoms with van der Waals surface area (Å²) in [6.07, 6.45) is 0.753. The van der Waals surface area contributed by atoms with Crippen LogP contribution in [0, 0.1) is 5.92 Å². The topological polar surface area (TPSA) is 60.9 Å². The first-order valence-corrected chi connectivity index (χ1v) is 6.93. The maximum absolute atomic E-state index is 12.6. The van der Waals surface area contributed by atoms with Gasteiger partial charge in [-0.15, -0.1) is 0 Å². The number of aliphatic carboxylic acids is 1.